The zero-order chi connectivity index (χ0) is 13.8. The Morgan fingerprint density at radius 2 is 2.21 bits per heavy atom. The van der Waals surface area contributed by atoms with E-state index in [1.54, 1.807) is 12.1 Å². The second-order valence-corrected chi connectivity index (χ2v) is 4.50. The van der Waals surface area contributed by atoms with Gasteiger partial charge in [-0.3, -0.25) is 0 Å². The first-order chi connectivity index (χ1) is 9.10. The van der Waals surface area contributed by atoms with Gasteiger partial charge in [-0.25, -0.2) is 9.37 Å². The summed E-state index contributed by atoms with van der Waals surface area (Å²) in [6.45, 7) is 4.59. The van der Waals surface area contributed by atoms with E-state index in [4.69, 9.17) is 9.15 Å². The van der Waals surface area contributed by atoms with Crippen LogP contribution in [0.15, 0.2) is 28.8 Å². The van der Waals surface area contributed by atoms with Crippen molar-refractivity contribution >= 4 is 0 Å². The monoisotopic (exact) mass is 264 g/mol. The molecule has 0 aliphatic rings. The highest BCUT2D eigenvalue weighted by molar-refractivity contribution is 5.58. The lowest BCUT2D eigenvalue weighted by Gasteiger charge is -2.04. The highest BCUT2D eigenvalue weighted by Gasteiger charge is 2.12. The van der Waals surface area contributed by atoms with Gasteiger partial charge in [0.1, 0.15) is 11.6 Å². The quantitative estimate of drug-likeness (QED) is 0.901. The molecule has 0 aliphatic heterocycles. The number of nitrogens with one attached hydrogen (secondary N) is 1. The summed E-state index contributed by atoms with van der Waals surface area (Å²) < 4.78 is 24.3. The molecule has 0 unspecified atom stereocenters. The Balaban J connectivity index is 2.18. The molecule has 1 N–H and O–H groups in total. The van der Waals surface area contributed by atoms with Crippen molar-refractivity contribution in [3.05, 3.63) is 36.1 Å². The lowest BCUT2D eigenvalue weighted by molar-refractivity contribution is 0.411. The zero-order valence-electron chi connectivity index (χ0n) is 11.2. The third-order valence-electron chi connectivity index (χ3n) is 2.66. The average molecular weight is 264 g/mol. The fourth-order valence-electron chi connectivity index (χ4n) is 1.63. The summed E-state index contributed by atoms with van der Waals surface area (Å²) in [6.07, 6.45) is 1.53. The number of hydrogen-bond donors (Lipinski definition) is 1. The van der Waals surface area contributed by atoms with Crippen LogP contribution >= 0.6 is 0 Å². The summed E-state index contributed by atoms with van der Waals surface area (Å²) in [5, 5.41) is 3.19. The van der Waals surface area contributed by atoms with Gasteiger partial charge < -0.3 is 14.5 Å². The SMILES string of the molecule is COc1ccc(-c2cnc(CNC(C)C)o2)c(F)c1. The lowest BCUT2D eigenvalue weighted by Crippen LogP contribution is -2.21. The molecule has 0 atom stereocenters. The maximum atomic E-state index is 13.9. The van der Waals surface area contributed by atoms with Crippen LogP contribution in [0.3, 0.4) is 0 Å². The molecule has 1 aromatic carbocycles. The second kappa shape index (κ2) is 5.84. The highest BCUT2D eigenvalue weighted by Crippen LogP contribution is 2.26. The number of nitrogens with zero attached hydrogens (tertiary/aromatic N) is 1. The predicted octanol–water partition coefficient (Wildman–Crippen LogP) is 2.99. The fourth-order valence-corrected chi connectivity index (χ4v) is 1.63. The summed E-state index contributed by atoms with van der Waals surface area (Å²) in [6, 6.07) is 4.97. The Morgan fingerprint density at radius 1 is 1.42 bits per heavy atom. The Labute approximate surface area is 111 Å². The van der Waals surface area contributed by atoms with E-state index < -0.39 is 0 Å². The van der Waals surface area contributed by atoms with Crippen molar-refractivity contribution in [1.29, 1.82) is 0 Å². The van der Waals surface area contributed by atoms with Crippen LogP contribution in [0.5, 0.6) is 5.75 Å². The van der Waals surface area contributed by atoms with Crippen molar-refractivity contribution < 1.29 is 13.5 Å². The number of rotatable bonds is 5. The van der Waals surface area contributed by atoms with E-state index in [1.807, 2.05) is 13.8 Å². The van der Waals surface area contributed by atoms with Crippen LogP contribution in [0.4, 0.5) is 4.39 Å². The molecule has 0 bridgehead atoms. The third-order valence-corrected chi connectivity index (χ3v) is 2.66. The first kappa shape index (κ1) is 13.5. The van der Waals surface area contributed by atoms with Crippen LogP contribution in [0.1, 0.15) is 19.7 Å². The van der Waals surface area contributed by atoms with Gasteiger partial charge in [0.2, 0.25) is 5.89 Å². The summed E-state index contributed by atoms with van der Waals surface area (Å²) in [5.41, 5.74) is 0.379. The number of oxazole rings is 1. The molecule has 0 spiro atoms. The molecule has 0 saturated heterocycles. The first-order valence-corrected chi connectivity index (χ1v) is 6.12. The van der Waals surface area contributed by atoms with Crippen LogP contribution < -0.4 is 10.1 Å². The maximum Gasteiger partial charge on any atom is 0.208 e. The molecule has 0 amide bonds. The van der Waals surface area contributed by atoms with Crippen LogP contribution in [0, 0.1) is 5.82 Å². The minimum absolute atomic E-state index is 0.341. The van der Waals surface area contributed by atoms with Gasteiger partial charge in [0.15, 0.2) is 5.76 Å². The lowest BCUT2D eigenvalue weighted by atomic mass is 10.1. The summed E-state index contributed by atoms with van der Waals surface area (Å²) >= 11 is 0. The molecule has 5 heteroatoms. The third kappa shape index (κ3) is 3.32. The van der Waals surface area contributed by atoms with E-state index in [1.165, 1.54) is 19.4 Å². The van der Waals surface area contributed by atoms with Crippen molar-refractivity contribution in [2.24, 2.45) is 0 Å². The van der Waals surface area contributed by atoms with Crippen molar-refractivity contribution in [1.82, 2.24) is 10.3 Å². The summed E-state index contributed by atoms with van der Waals surface area (Å²) in [4.78, 5) is 4.12. The molecule has 2 aromatic rings. The normalized spacial score (nSPS) is 11.0. The van der Waals surface area contributed by atoms with Crippen LogP contribution in [-0.2, 0) is 6.54 Å². The van der Waals surface area contributed by atoms with E-state index in [2.05, 4.69) is 10.3 Å². The van der Waals surface area contributed by atoms with Crippen molar-refractivity contribution in [3.63, 3.8) is 0 Å². The maximum absolute atomic E-state index is 13.9. The minimum atomic E-state index is -0.390. The minimum Gasteiger partial charge on any atom is -0.497 e. The molecule has 4 nitrogen and oxygen atoms in total. The molecule has 1 aromatic heterocycles. The van der Waals surface area contributed by atoms with Gasteiger partial charge in [0.05, 0.1) is 25.4 Å². The van der Waals surface area contributed by atoms with E-state index in [-0.39, 0.29) is 5.82 Å². The molecule has 0 fully saturated rings. The van der Waals surface area contributed by atoms with E-state index in [0.29, 0.717) is 35.6 Å². The number of hydrogen-bond acceptors (Lipinski definition) is 4. The Hall–Kier alpha value is -1.88. The van der Waals surface area contributed by atoms with Crippen molar-refractivity contribution in [2.75, 3.05) is 7.11 Å². The molecule has 2 rings (SSSR count). The number of aromatic nitrogens is 1. The second-order valence-electron chi connectivity index (χ2n) is 4.50. The number of ether oxygens (including phenoxy) is 1. The zero-order valence-corrected chi connectivity index (χ0v) is 11.2. The Kier molecular flexibility index (Phi) is 4.16. The van der Waals surface area contributed by atoms with Gasteiger partial charge in [-0.1, -0.05) is 13.8 Å². The average Bonchev–Trinajstić information content (AvgIpc) is 2.84. The van der Waals surface area contributed by atoms with E-state index in [9.17, 15) is 4.39 Å². The van der Waals surface area contributed by atoms with Gasteiger partial charge in [-0.05, 0) is 12.1 Å². The van der Waals surface area contributed by atoms with Crippen molar-refractivity contribution in [3.8, 4) is 17.1 Å². The summed E-state index contributed by atoms with van der Waals surface area (Å²) in [7, 11) is 1.50. The molecular weight excluding hydrogens is 247 g/mol. The number of methoxy groups -OCH3 is 1. The first-order valence-electron chi connectivity index (χ1n) is 6.12. The molecule has 102 valence electrons. The van der Waals surface area contributed by atoms with Gasteiger partial charge >= 0.3 is 0 Å². The van der Waals surface area contributed by atoms with Gasteiger partial charge in [0, 0.05) is 12.1 Å². The molecule has 0 saturated carbocycles. The van der Waals surface area contributed by atoms with Crippen molar-refractivity contribution in [2.45, 2.75) is 26.4 Å². The summed E-state index contributed by atoms with van der Waals surface area (Å²) in [5.74, 6) is 1.04. The van der Waals surface area contributed by atoms with Crippen LogP contribution in [0.25, 0.3) is 11.3 Å². The van der Waals surface area contributed by atoms with Gasteiger partial charge in [-0.15, -0.1) is 0 Å². The smallest absolute Gasteiger partial charge is 0.208 e. The van der Waals surface area contributed by atoms with E-state index >= 15 is 0 Å². The Bertz CT molecular complexity index is 552. The van der Waals surface area contributed by atoms with Crippen LogP contribution in [0.2, 0.25) is 0 Å². The standard InChI is InChI=1S/C14H17FN2O2/c1-9(2)16-8-14-17-7-13(19-14)11-5-4-10(18-3)6-12(11)15/h4-7,9,16H,8H2,1-3H3. The fraction of sp³-hybridized carbons (Fsp3) is 0.357. The number of halogens is 1. The van der Waals surface area contributed by atoms with E-state index in [0.717, 1.165) is 0 Å². The molecular formula is C14H17FN2O2. The largest absolute Gasteiger partial charge is 0.497 e. The van der Waals surface area contributed by atoms with Gasteiger partial charge in [0.25, 0.3) is 0 Å². The highest BCUT2D eigenvalue weighted by atomic mass is 19.1. The van der Waals surface area contributed by atoms with Crippen LogP contribution in [-0.4, -0.2) is 18.1 Å². The predicted molar refractivity (Wildman–Crippen MR) is 70.4 cm³/mol. The molecule has 0 radical (unpaired) electrons. The molecule has 19 heavy (non-hydrogen) atoms. The molecule has 0 aliphatic carbocycles. The number of benzene rings is 1. The Morgan fingerprint density at radius 3 is 2.84 bits per heavy atom. The molecule has 1 heterocycles. The van der Waals surface area contributed by atoms with Gasteiger partial charge in [-0.2, -0.15) is 0 Å². The topological polar surface area (TPSA) is 47.3 Å².